The zero-order chi connectivity index (χ0) is 15.6. The normalized spacial score (nSPS) is 13.2. The van der Waals surface area contributed by atoms with Gasteiger partial charge in [0.05, 0.1) is 28.5 Å². The van der Waals surface area contributed by atoms with Gasteiger partial charge < -0.3 is 5.32 Å². The van der Waals surface area contributed by atoms with Crippen molar-refractivity contribution in [2.24, 2.45) is 0 Å². The van der Waals surface area contributed by atoms with Gasteiger partial charge in [0.25, 0.3) is 0 Å². The number of benzene rings is 1. The average Bonchev–Trinajstić information content (AvgIpc) is 2.88. The van der Waals surface area contributed by atoms with Gasteiger partial charge in [0, 0.05) is 18.3 Å². The maximum atomic E-state index is 12.6. The molecule has 1 aromatic heterocycles. The fourth-order valence-corrected chi connectivity index (χ4v) is 2.14. The van der Waals surface area contributed by atoms with Crippen molar-refractivity contribution in [1.82, 2.24) is 9.78 Å². The van der Waals surface area contributed by atoms with Crippen LogP contribution in [0.5, 0.6) is 0 Å². The molecule has 3 nitrogen and oxygen atoms in total. The van der Waals surface area contributed by atoms with Gasteiger partial charge in [-0.1, -0.05) is 11.6 Å². The Morgan fingerprint density at radius 3 is 2.62 bits per heavy atom. The molecule has 21 heavy (non-hydrogen) atoms. The molecule has 114 valence electrons. The molecule has 1 aromatic carbocycles. The van der Waals surface area contributed by atoms with Crippen molar-refractivity contribution in [2.45, 2.75) is 32.6 Å². The topological polar surface area (TPSA) is 29.9 Å². The Morgan fingerprint density at radius 2 is 2.10 bits per heavy atom. The van der Waals surface area contributed by atoms with Crippen LogP contribution in [0.1, 0.15) is 31.0 Å². The fraction of sp³-hybridized carbons (Fsp3) is 0.357. The number of halogens is 4. The Bertz CT molecular complexity index is 622. The molecule has 1 unspecified atom stereocenters. The molecule has 7 heteroatoms. The first kappa shape index (κ1) is 15.7. The van der Waals surface area contributed by atoms with E-state index in [1.54, 1.807) is 10.9 Å². The number of aryl methyl sites for hydroxylation is 1. The standard InChI is InChI=1S/C14H15ClF3N3/c1-3-21-8-10(7-19-21)9(2)20-13-5-4-11(6-12(13)15)14(16,17)18/h4-9,20H,3H2,1-2H3. The van der Waals surface area contributed by atoms with Gasteiger partial charge in [-0.15, -0.1) is 0 Å². The zero-order valence-corrected chi connectivity index (χ0v) is 12.3. The van der Waals surface area contributed by atoms with E-state index in [1.165, 1.54) is 6.07 Å². The third-order valence-corrected chi connectivity index (χ3v) is 3.46. The molecule has 0 aliphatic rings. The van der Waals surface area contributed by atoms with Crippen LogP contribution in [0.25, 0.3) is 0 Å². The highest BCUT2D eigenvalue weighted by Gasteiger charge is 2.30. The molecule has 0 bridgehead atoms. The molecule has 2 rings (SSSR count). The summed E-state index contributed by atoms with van der Waals surface area (Å²) >= 11 is 5.92. The van der Waals surface area contributed by atoms with E-state index in [9.17, 15) is 13.2 Å². The summed E-state index contributed by atoms with van der Waals surface area (Å²) in [5, 5.41) is 7.29. The molecule has 0 saturated carbocycles. The highest BCUT2D eigenvalue weighted by atomic mass is 35.5. The number of nitrogens with zero attached hydrogens (tertiary/aromatic N) is 2. The number of alkyl halides is 3. The Morgan fingerprint density at radius 1 is 1.38 bits per heavy atom. The van der Waals surface area contributed by atoms with Gasteiger partial charge in [-0.3, -0.25) is 4.68 Å². The summed E-state index contributed by atoms with van der Waals surface area (Å²) in [5.74, 6) is 0. The predicted molar refractivity (Wildman–Crippen MR) is 76.4 cm³/mol. The van der Waals surface area contributed by atoms with Crippen LogP contribution in [0.3, 0.4) is 0 Å². The van der Waals surface area contributed by atoms with Gasteiger partial charge in [-0.25, -0.2) is 0 Å². The lowest BCUT2D eigenvalue weighted by molar-refractivity contribution is -0.137. The molecule has 0 aliphatic carbocycles. The lowest BCUT2D eigenvalue weighted by Gasteiger charge is -2.16. The van der Waals surface area contributed by atoms with Crippen molar-refractivity contribution in [3.63, 3.8) is 0 Å². The molecule has 0 aliphatic heterocycles. The third-order valence-electron chi connectivity index (χ3n) is 3.15. The summed E-state index contributed by atoms with van der Waals surface area (Å²) < 4.78 is 39.5. The first-order valence-corrected chi connectivity index (χ1v) is 6.84. The minimum Gasteiger partial charge on any atom is -0.377 e. The molecule has 0 spiro atoms. The van der Waals surface area contributed by atoms with E-state index in [1.807, 2.05) is 20.0 Å². The van der Waals surface area contributed by atoms with Crippen LogP contribution in [-0.2, 0) is 12.7 Å². The predicted octanol–water partition coefficient (Wildman–Crippen LogP) is 4.75. The van der Waals surface area contributed by atoms with E-state index < -0.39 is 11.7 Å². The summed E-state index contributed by atoms with van der Waals surface area (Å²) in [6.07, 6.45) is -0.787. The Labute approximate surface area is 125 Å². The molecule has 1 heterocycles. The summed E-state index contributed by atoms with van der Waals surface area (Å²) in [5.41, 5.74) is 0.638. The number of hydrogen-bond acceptors (Lipinski definition) is 2. The van der Waals surface area contributed by atoms with Crippen LogP contribution in [0.15, 0.2) is 30.6 Å². The van der Waals surface area contributed by atoms with Crippen molar-refractivity contribution in [2.75, 3.05) is 5.32 Å². The van der Waals surface area contributed by atoms with E-state index in [-0.39, 0.29) is 11.1 Å². The van der Waals surface area contributed by atoms with E-state index in [0.29, 0.717) is 5.69 Å². The van der Waals surface area contributed by atoms with Crippen LogP contribution in [0, 0.1) is 0 Å². The molecule has 2 aromatic rings. The molecule has 1 N–H and O–H groups in total. The first-order chi connectivity index (χ1) is 9.81. The summed E-state index contributed by atoms with van der Waals surface area (Å²) in [4.78, 5) is 0. The van der Waals surface area contributed by atoms with Crippen molar-refractivity contribution in [1.29, 1.82) is 0 Å². The summed E-state index contributed by atoms with van der Waals surface area (Å²) in [6, 6.07) is 3.16. The van der Waals surface area contributed by atoms with Crippen LogP contribution in [0.4, 0.5) is 18.9 Å². The van der Waals surface area contributed by atoms with Crippen molar-refractivity contribution < 1.29 is 13.2 Å². The van der Waals surface area contributed by atoms with Crippen molar-refractivity contribution >= 4 is 17.3 Å². The second-order valence-electron chi connectivity index (χ2n) is 4.69. The molecule has 0 fully saturated rings. The molecular weight excluding hydrogens is 303 g/mol. The van der Waals surface area contributed by atoms with Crippen LogP contribution < -0.4 is 5.32 Å². The maximum absolute atomic E-state index is 12.6. The number of nitrogens with one attached hydrogen (secondary N) is 1. The minimum absolute atomic E-state index is 0.0413. The highest BCUT2D eigenvalue weighted by molar-refractivity contribution is 6.33. The van der Waals surface area contributed by atoms with E-state index >= 15 is 0 Å². The highest BCUT2D eigenvalue weighted by Crippen LogP contribution is 2.34. The Balaban J connectivity index is 2.16. The Kier molecular flexibility index (Phi) is 4.46. The average molecular weight is 318 g/mol. The quantitative estimate of drug-likeness (QED) is 0.882. The van der Waals surface area contributed by atoms with Gasteiger partial charge >= 0.3 is 6.18 Å². The molecule has 0 radical (unpaired) electrons. The van der Waals surface area contributed by atoms with Crippen LogP contribution in [0.2, 0.25) is 5.02 Å². The minimum atomic E-state index is -4.39. The Hall–Kier alpha value is -1.69. The fourth-order valence-electron chi connectivity index (χ4n) is 1.90. The number of aromatic nitrogens is 2. The summed E-state index contributed by atoms with van der Waals surface area (Å²) in [6.45, 7) is 4.63. The van der Waals surface area contributed by atoms with E-state index in [2.05, 4.69) is 10.4 Å². The summed E-state index contributed by atoms with van der Waals surface area (Å²) in [7, 11) is 0. The SMILES string of the molecule is CCn1cc(C(C)Nc2ccc(C(F)(F)F)cc2Cl)cn1. The number of anilines is 1. The third kappa shape index (κ3) is 3.69. The van der Waals surface area contributed by atoms with E-state index in [4.69, 9.17) is 11.6 Å². The van der Waals surface area contributed by atoms with Gasteiger partial charge in [0.15, 0.2) is 0 Å². The van der Waals surface area contributed by atoms with Crippen LogP contribution >= 0.6 is 11.6 Å². The molecule has 0 saturated heterocycles. The molecular formula is C14H15ClF3N3. The molecule has 1 atom stereocenters. The van der Waals surface area contributed by atoms with Gasteiger partial charge in [-0.05, 0) is 32.0 Å². The van der Waals surface area contributed by atoms with E-state index in [0.717, 1.165) is 24.2 Å². The van der Waals surface area contributed by atoms with Crippen molar-refractivity contribution in [3.8, 4) is 0 Å². The second kappa shape index (κ2) is 5.97. The monoisotopic (exact) mass is 317 g/mol. The maximum Gasteiger partial charge on any atom is 0.416 e. The number of hydrogen-bond donors (Lipinski definition) is 1. The largest absolute Gasteiger partial charge is 0.416 e. The lowest BCUT2D eigenvalue weighted by atomic mass is 10.1. The van der Waals surface area contributed by atoms with Crippen molar-refractivity contribution in [3.05, 3.63) is 46.7 Å². The van der Waals surface area contributed by atoms with Gasteiger partial charge in [0.2, 0.25) is 0 Å². The number of rotatable bonds is 4. The smallest absolute Gasteiger partial charge is 0.377 e. The molecule has 0 amide bonds. The van der Waals surface area contributed by atoms with Crippen LogP contribution in [-0.4, -0.2) is 9.78 Å². The van der Waals surface area contributed by atoms with Gasteiger partial charge in [-0.2, -0.15) is 18.3 Å². The first-order valence-electron chi connectivity index (χ1n) is 6.47. The lowest BCUT2D eigenvalue weighted by Crippen LogP contribution is -2.08. The zero-order valence-electron chi connectivity index (χ0n) is 11.6. The van der Waals surface area contributed by atoms with Gasteiger partial charge in [0.1, 0.15) is 0 Å². The second-order valence-corrected chi connectivity index (χ2v) is 5.09.